The average molecular weight is 375 g/mol. The van der Waals surface area contributed by atoms with E-state index in [2.05, 4.69) is 15.2 Å². The van der Waals surface area contributed by atoms with Gasteiger partial charge in [-0.05, 0) is 43.3 Å². The highest BCUT2D eigenvalue weighted by atomic mass is 35.5. The lowest BCUT2D eigenvalue weighted by Crippen LogP contribution is -2.26. The zero-order chi connectivity index (χ0) is 18.9. The zero-order valence-electron chi connectivity index (χ0n) is 14.6. The Labute approximate surface area is 156 Å². The van der Waals surface area contributed by atoms with Gasteiger partial charge in [-0.1, -0.05) is 11.6 Å². The fourth-order valence-electron chi connectivity index (χ4n) is 1.98. The van der Waals surface area contributed by atoms with Crippen LogP contribution >= 0.6 is 11.6 Å². The second kappa shape index (κ2) is 9.55. The van der Waals surface area contributed by atoms with Crippen molar-refractivity contribution >= 4 is 35.1 Å². The molecule has 2 aromatic rings. The predicted molar refractivity (Wildman–Crippen MR) is 104 cm³/mol. The summed E-state index contributed by atoms with van der Waals surface area (Å²) in [7, 11) is 3.15. The monoisotopic (exact) mass is 374 g/mol. The van der Waals surface area contributed by atoms with Gasteiger partial charge >= 0.3 is 0 Å². The molecule has 0 heterocycles. The van der Waals surface area contributed by atoms with Gasteiger partial charge in [0.2, 0.25) is 0 Å². The molecule has 26 heavy (non-hydrogen) atoms. The van der Waals surface area contributed by atoms with Crippen LogP contribution < -0.4 is 15.0 Å². The van der Waals surface area contributed by atoms with Crippen LogP contribution in [0.3, 0.4) is 0 Å². The predicted octanol–water partition coefficient (Wildman–Crippen LogP) is 3.86. The number of nitrogens with zero attached hydrogens (tertiary/aromatic N) is 3. The minimum absolute atomic E-state index is 0.172. The Hall–Kier alpha value is -2.90. The highest BCUT2D eigenvalue weighted by Crippen LogP contribution is 2.23. The molecule has 0 radical (unpaired) electrons. The third kappa shape index (κ3) is 5.30. The van der Waals surface area contributed by atoms with E-state index in [-0.39, 0.29) is 5.84 Å². The molecule has 0 amide bonds. The first kappa shape index (κ1) is 19.4. The number of rotatable bonds is 6. The summed E-state index contributed by atoms with van der Waals surface area (Å²) in [5.41, 5.74) is 3.76. The normalized spacial score (nSPS) is 12.3. The topological polar surface area (TPSA) is 87.8 Å². The number of hydrogen-bond donors (Lipinski definition) is 2. The second-order valence-corrected chi connectivity index (χ2v) is 5.52. The van der Waals surface area contributed by atoms with E-state index in [4.69, 9.17) is 21.1 Å². The molecule has 0 bridgehead atoms. The van der Waals surface area contributed by atoms with E-state index in [1.165, 1.54) is 0 Å². The largest absolute Gasteiger partial charge is 0.497 e. The van der Waals surface area contributed by atoms with Crippen LogP contribution in [0, 0.1) is 0 Å². The van der Waals surface area contributed by atoms with Gasteiger partial charge < -0.3 is 9.47 Å². The third-order valence-electron chi connectivity index (χ3n) is 3.36. The first-order valence-electron chi connectivity index (χ1n) is 7.61. The number of halogens is 1. The van der Waals surface area contributed by atoms with Gasteiger partial charge in [-0.2, -0.15) is 10.2 Å². The Morgan fingerprint density at radius 1 is 1.12 bits per heavy atom. The van der Waals surface area contributed by atoms with Gasteiger partial charge in [0, 0.05) is 16.7 Å². The van der Waals surface area contributed by atoms with E-state index in [9.17, 15) is 5.21 Å². The van der Waals surface area contributed by atoms with E-state index in [0.29, 0.717) is 27.9 Å². The number of nitrogens with one attached hydrogen (secondary N) is 1. The van der Waals surface area contributed by atoms with E-state index in [1.807, 2.05) is 5.48 Å². The Balaban J connectivity index is 2.19. The Bertz CT molecular complexity index is 833. The summed E-state index contributed by atoms with van der Waals surface area (Å²) in [5, 5.41) is 18.0. The number of aliphatic imine (C=N–C) groups is 1. The van der Waals surface area contributed by atoms with Crippen molar-refractivity contribution in [3.05, 3.63) is 53.1 Å². The van der Waals surface area contributed by atoms with Crippen LogP contribution in [0.1, 0.15) is 12.5 Å². The van der Waals surface area contributed by atoms with Gasteiger partial charge in [0.25, 0.3) is 0 Å². The summed E-state index contributed by atoms with van der Waals surface area (Å²) in [4.78, 5) is 4.25. The molecule has 2 aromatic carbocycles. The van der Waals surface area contributed by atoms with Crippen LogP contribution in [-0.4, -0.2) is 37.2 Å². The fourth-order valence-corrected chi connectivity index (χ4v) is 2.11. The summed E-state index contributed by atoms with van der Waals surface area (Å²) < 4.78 is 10.4. The molecular formula is C18H19ClN4O3. The number of methoxy groups -OCH3 is 2. The summed E-state index contributed by atoms with van der Waals surface area (Å²) >= 11 is 5.84. The first-order valence-corrected chi connectivity index (χ1v) is 7.99. The molecule has 0 aliphatic rings. The molecule has 136 valence electrons. The molecule has 0 aliphatic heterocycles. The SMILES string of the molecule is COc1ccc(C=NN=C(C)C(=Nc2ccc(Cl)cc2)NO)c(OC)c1. The number of ether oxygens (including phenoxy) is 2. The van der Waals surface area contributed by atoms with E-state index in [0.717, 1.165) is 5.56 Å². The van der Waals surface area contributed by atoms with E-state index in [1.54, 1.807) is 69.8 Å². The molecule has 8 heteroatoms. The molecule has 0 spiro atoms. The van der Waals surface area contributed by atoms with Crippen LogP contribution in [0.15, 0.2) is 57.7 Å². The van der Waals surface area contributed by atoms with Crippen molar-refractivity contribution < 1.29 is 14.7 Å². The van der Waals surface area contributed by atoms with Crippen LogP contribution in [0.4, 0.5) is 5.69 Å². The average Bonchev–Trinajstić information content (AvgIpc) is 2.67. The first-order chi connectivity index (χ1) is 12.6. The van der Waals surface area contributed by atoms with Crippen LogP contribution in [0.25, 0.3) is 0 Å². The molecule has 0 aromatic heterocycles. The molecule has 2 rings (SSSR count). The Morgan fingerprint density at radius 3 is 2.46 bits per heavy atom. The minimum atomic E-state index is 0.172. The van der Waals surface area contributed by atoms with E-state index >= 15 is 0 Å². The second-order valence-electron chi connectivity index (χ2n) is 5.09. The number of amidine groups is 1. The molecule has 2 N–H and O–H groups in total. The van der Waals surface area contributed by atoms with Crippen molar-refractivity contribution in [1.29, 1.82) is 0 Å². The summed E-state index contributed by atoms with van der Waals surface area (Å²) in [6.45, 7) is 1.67. The van der Waals surface area contributed by atoms with Gasteiger partial charge in [-0.15, -0.1) is 0 Å². The van der Waals surface area contributed by atoms with Crippen LogP contribution in [0.2, 0.25) is 5.02 Å². The zero-order valence-corrected chi connectivity index (χ0v) is 15.4. The van der Waals surface area contributed by atoms with Crippen molar-refractivity contribution in [3.63, 3.8) is 0 Å². The van der Waals surface area contributed by atoms with Gasteiger partial charge in [-0.25, -0.2) is 4.99 Å². The Morgan fingerprint density at radius 2 is 1.85 bits per heavy atom. The minimum Gasteiger partial charge on any atom is -0.497 e. The van der Waals surface area contributed by atoms with Gasteiger partial charge in [0.05, 0.1) is 26.1 Å². The molecule has 0 fully saturated rings. The van der Waals surface area contributed by atoms with Crippen LogP contribution in [0.5, 0.6) is 11.5 Å². The highest BCUT2D eigenvalue weighted by molar-refractivity contribution is 6.40. The van der Waals surface area contributed by atoms with Crippen molar-refractivity contribution in [3.8, 4) is 11.5 Å². The maximum atomic E-state index is 9.30. The Kier molecular flexibility index (Phi) is 7.13. The summed E-state index contributed by atoms with van der Waals surface area (Å²) in [6.07, 6.45) is 1.54. The maximum Gasteiger partial charge on any atom is 0.173 e. The molecule has 7 nitrogen and oxygen atoms in total. The smallest absolute Gasteiger partial charge is 0.173 e. The summed E-state index contributed by atoms with van der Waals surface area (Å²) in [6, 6.07) is 12.2. The molecule has 0 saturated carbocycles. The fraction of sp³-hybridized carbons (Fsp3) is 0.167. The van der Waals surface area contributed by atoms with Gasteiger partial charge in [0.15, 0.2) is 5.84 Å². The number of hydrogen-bond acceptors (Lipinski definition) is 6. The van der Waals surface area contributed by atoms with E-state index < -0.39 is 0 Å². The van der Waals surface area contributed by atoms with Crippen molar-refractivity contribution in [2.45, 2.75) is 6.92 Å². The van der Waals surface area contributed by atoms with Gasteiger partial charge in [-0.3, -0.25) is 10.7 Å². The summed E-state index contributed by atoms with van der Waals surface area (Å²) in [5.74, 6) is 1.46. The molecule has 0 atom stereocenters. The molecule has 0 saturated heterocycles. The third-order valence-corrected chi connectivity index (χ3v) is 3.61. The van der Waals surface area contributed by atoms with Crippen molar-refractivity contribution in [2.75, 3.05) is 14.2 Å². The molecule has 0 unspecified atom stereocenters. The quantitative estimate of drug-likeness (QED) is 0.456. The van der Waals surface area contributed by atoms with Crippen LogP contribution in [-0.2, 0) is 0 Å². The lowest BCUT2D eigenvalue weighted by Gasteiger charge is -2.06. The van der Waals surface area contributed by atoms with Gasteiger partial charge in [0.1, 0.15) is 17.2 Å². The number of hydroxylamine groups is 1. The van der Waals surface area contributed by atoms with Crippen molar-refractivity contribution in [1.82, 2.24) is 5.48 Å². The van der Waals surface area contributed by atoms with Crippen molar-refractivity contribution in [2.24, 2.45) is 15.2 Å². The molecular weight excluding hydrogens is 356 g/mol. The lowest BCUT2D eigenvalue weighted by atomic mass is 10.2. The lowest BCUT2D eigenvalue weighted by molar-refractivity contribution is 0.236. The molecule has 0 aliphatic carbocycles. The standard InChI is InChI=1S/C18H19ClN4O3/c1-12(18(23-24)21-15-7-5-14(19)6-8-15)22-20-11-13-4-9-16(25-2)10-17(13)26-3/h4-11,24H,1-3H3,(H,21,23). The maximum absolute atomic E-state index is 9.30. The highest BCUT2D eigenvalue weighted by Gasteiger charge is 2.04. The number of benzene rings is 2.